The third-order valence-electron chi connectivity index (χ3n) is 4.98. The van der Waals surface area contributed by atoms with Crippen LogP contribution in [0.15, 0.2) is 88.8 Å². The van der Waals surface area contributed by atoms with Gasteiger partial charge in [0.05, 0.1) is 22.3 Å². The molecule has 0 fully saturated rings. The number of carbonyl (C=O) groups excluding carboxylic acids is 1. The van der Waals surface area contributed by atoms with Crippen molar-refractivity contribution >= 4 is 28.6 Å². The summed E-state index contributed by atoms with van der Waals surface area (Å²) in [5.74, 6) is -0.616. The molecular formula is C25H22FN3O2S. The van der Waals surface area contributed by atoms with Crippen molar-refractivity contribution in [2.45, 2.75) is 18.0 Å². The van der Waals surface area contributed by atoms with Gasteiger partial charge in [0.25, 0.3) is 5.56 Å². The van der Waals surface area contributed by atoms with Crippen molar-refractivity contribution in [3.8, 4) is 5.69 Å². The molecule has 162 valence electrons. The Morgan fingerprint density at radius 2 is 1.69 bits per heavy atom. The number of aryl methyl sites for hydroxylation is 1. The van der Waals surface area contributed by atoms with E-state index in [1.165, 1.54) is 22.3 Å². The maximum atomic E-state index is 14.5. The van der Waals surface area contributed by atoms with Crippen LogP contribution in [0.25, 0.3) is 16.6 Å². The van der Waals surface area contributed by atoms with Gasteiger partial charge in [-0.15, -0.1) is 0 Å². The molecule has 0 bridgehead atoms. The second-order valence-electron chi connectivity index (χ2n) is 7.23. The van der Waals surface area contributed by atoms with Crippen molar-refractivity contribution < 1.29 is 9.18 Å². The molecule has 4 rings (SSSR count). The number of fused-ring (bicyclic) bond motifs is 1. The zero-order chi connectivity index (χ0) is 22.3. The van der Waals surface area contributed by atoms with Crippen LogP contribution in [0.4, 0.5) is 4.39 Å². The van der Waals surface area contributed by atoms with Crippen LogP contribution in [0.3, 0.4) is 0 Å². The topological polar surface area (TPSA) is 64.0 Å². The van der Waals surface area contributed by atoms with Gasteiger partial charge in [0.15, 0.2) is 5.16 Å². The van der Waals surface area contributed by atoms with Gasteiger partial charge in [0.2, 0.25) is 5.91 Å². The van der Waals surface area contributed by atoms with Crippen molar-refractivity contribution in [1.29, 1.82) is 0 Å². The Hall–Kier alpha value is -3.45. The number of nitrogens with one attached hydrogen (secondary N) is 1. The number of amides is 1. The first-order valence-corrected chi connectivity index (χ1v) is 11.3. The lowest BCUT2D eigenvalue weighted by molar-refractivity contribution is -0.118. The molecule has 0 aliphatic rings. The van der Waals surface area contributed by atoms with Gasteiger partial charge in [-0.3, -0.25) is 14.2 Å². The molecule has 5 nitrogen and oxygen atoms in total. The molecule has 0 saturated carbocycles. The molecule has 0 unspecified atom stereocenters. The first kappa shape index (κ1) is 21.8. The molecule has 0 spiro atoms. The van der Waals surface area contributed by atoms with Crippen LogP contribution in [0, 0.1) is 5.82 Å². The Bertz CT molecular complexity index is 1290. The van der Waals surface area contributed by atoms with Gasteiger partial charge in [0, 0.05) is 6.54 Å². The predicted octanol–water partition coefficient (Wildman–Crippen LogP) is 4.37. The highest BCUT2D eigenvalue weighted by Gasteiger charge is 2.16. The number of halogens is 1. The monoisotopic (exact) mass is 447 g/mol. The summed E-state index contributed by atoms with van der Waals surface area (Å²) < 4.78 is 15.7. The van der Waals surface area contributed by atoms with Crippen LogP contribution in [-0.2, 0) is 11.2 Å². The van der Waals surface area contributed by atoms with E-state index in [0.717, 1.165) is 24.6 Å². The Labute approximate surface area is 189 Å². The zero-order valence-electron chi connectivity index (χ0n) is 17.3. The van der Waals surface area contributed by atoms with E-state index in [4.69, 9.17) is 0 Å². The quantitative estimate of drug-likeness (QED) is 0.248. The van der Waals surface area contributed by atoms with Crippen LogP contribution in [0.1, 0.15) is 12.0 Å². The third-order valence-corrected chi connectivity index (χ3v) is 5.92. The molecule has 1 heterocycles. The number of rotatable bonds is 8. The van der Waals surface area contributed by atoms with Gasteiger partial charge in [0.1, 0.15) is 5.82 Å². The number of para-hydroxylation sites is 2. The molecule has 32 heavy (non-hydrogen) atoms. The summed E-state index contributed by atoms with van der Waals surface area (Å²) in [5, 5.41) is 3.57. The number of carbonyl (C=O) groups is 1. The highest BCUT2D eigenvalue weighted by molar-refractivity contribution is 7.99. The number of hydrogen-bond acceptors (Lipinski definition) is 4. The summed E-state index contributed by atoms with van der Waals surface area (Å²) in [6.07, 6.45) is 1.71. The number of thioether (sulfide) groups is 1. The average Bonchev–Trinajstić information content (AvgIpc) is 2.82. The molecule has 1 amide bonds. The van der Waals surface area contributed by atoms with Crippen LogP contribution >= 0.6 is 11.8 Å². The minimum absolute atomic E-state index is 0.0740. The molecule has 0 aliphatic heterocycles. The van der Waals surface area contributed by atoms with E-state index < -0.39 is 5.82 Å². The smallest absolute Gasteiger partial charge is 0.266 e. The van der Waals surface area contributed by atoms with Crippen LogP contribution in [0.5, 0.6) is 0 Å². The highest BCUT2D eigenvalue weighted by Crippen LogP contribution is 2.22. The molecule has 0 atom stereocenters. The lowest BCUT2D eigenvalue weighted by Gasteiger charge is -2.13. The standard InChI is InChI=1S/C25H22FN3O2S/c26-20-13-5-7-15-22(20)29-24(31)19-12-4-6-14-21(19)28-25(29)32-17-23(30)27-16-8-11-18-9-2-1-3-10-18/h1-7,9-10,12-15H,8,11,16-17H2,(H,27,30). The average molecular weight is 448 g/mol. The van der Waals surface area contributed by atoms with Crippen LogP contribution in [-0.4, -0.2) is 27.8 Å². The fourth-order valence-electron chi connectivity index (χ4n) is 3.40. The first-order valence-electron chi connectivity index (χ1n) is 10.3. The minimum Gasteiger partial charge on any atom is -0.355 e. The number of benzene rings is 3. The summed E-state index contributed by atoms with van der Waals surface area (Å²) in [6.45, 7) is 0.555. The molecule has 0 radical (unpaired) electrons. The lowest BCUT2D eigenvalue weighted by atomic mass is 10.1. The maximum absolute atomic E-state index is 14.5. The SMILES string of the molecule is O=C(CSc1nc2ccccc2c(=O)n1-c1ccccc1F)NCCCc1ccccc1. The molecule has 1 aromatic heterocycles. The van der Waals surface area contributed by atoms with E-state index in [1.807, 2.05) is 18.2 Å². The zero-order valence-corrected chi connectivity index (χ0v) is 18.1. The van der Waals surface area contributed by atoms with E-state index >= 15 is 0 Å². The second kappa shape index (κ2) is 10.2. The van der Waals surface area contributed by atoms with Gasteiger partial charge in [-0.1, -0.05) is 66.4 Å². The number of nitrogens with zero attached hydrogens (tertiary/aromatic N) is 2. The summed E-state index contributed by atoms with van der Waals surface area (Å²) in [7, 11) is 0. The van der Waals surface area contributed by atoms with E-state index in [9.17, 15) is 14.0 Å². The van der Waals surface area contributed by atoms with Crippen LogP contribution in [0.2, 0.25) is 0 Å². The fourth-order valence-corrected chi connectivity index (χ4v) is 4.24. The molecule has 0 saturated heterocycles. The van der Waals surface area contributed by atoms with E-state index in [2.05, 4.69) is 22.4 Å². The Morgan fingerprint density at radius 3 is 2.50 bits per heavy atom. The summed E-state index contributed by atoms with van der Waals surface area (Å²) in [5.41, 5.74) is 1.48. The molecule has 4 aromatic rings. The van der Waals surface area contributed by atoms with E-state index in [0.29, 0.717) is 17.4 Å². The summed E-state index contributed by atoms with van der Waals surface area (Å²) in [6, 6.07) is 23.1. The minimum atomic E-state index is -0.529. The molecule has 3 aromatic carbocycles. The van der Waals surface area contributed by atoms with E-state index in [1.54, 1.807) is 36.4 Å². The predicted molar refractivity (Wildman–Crippen MR) is 126 cm³/mol. The van der Waals surface area contributed by atoms with Crippen LogP contribution < -0.4 is 10.9 Å². The largest absolute Gasteiger partial charge is 0.355 e. The summed E-state index contributed by atoms with van der Waals surface area (Å²) in [4.78, 5) is 30.0. The number of aromatic nitrogens is 2. The van der Waals surface area contributed by atoms with Gasteiger partial charge >= 0.3 is 0 Å². The van der Waals surface area contributed by atoms with Gasteiger partial charge in [-0.2, -0.15) is 0 Å². The Balaban J connectivity index is 1.48. The van der Waals surface area contributed by atoms with Crippen molar-refractivity contribution in [3.05, 3.63) is 101 Å². The molecular weight excluding hydrogens is 425 g/mol. The molecule has 1 N–H and O–H groups in total. The van der Waals surface area contributed by atoms with Crippen molar-refractivity contribution in [2.24, 2.45) is 0 Å². The molecule has 7 heteroatoms. The Morgan fingerprint density at radius 1 is 0.969 bits per heavy atom. The van der Waals surface area contributed by atoms with Crippen molar-refractivity contribution in [1.82, 2.24) is 14.9 Å². The molecule has 0 aliphatic carbocycles. The highest BCUT2D eigenvalue weighted by atomic mass is 32.2. The summed E-state index contributed by atoms with van der Waals surface area (Å²) >= 11 is 1.12. The van der Waals surface area contributed by atoms with Crippen molar-refractivity contribution in [2.75, 3.05) is 12.3 Å². The maximum Gasteiger partial charge on any atom is 0.266 e. The lowest BCUT2D eigenvalue weighted by Crippen LogP contribution is -2.27. The van der Waals surface area contributed by atoms with Gasteiger partial charge in [-0.05, 0) is 42.7 Å². The van der Waals surface area contributed by atoms with Crippen molar-refractivity contribution in [3.63, 3.8) is 0 Å². The Kier molecular flexibility index (Phi) is 6.97. The normalized spacial score (nSPS) is 10.9. The fraction of sp³-hybridized carbons (Fsp3) is 0.160. The second-order valence-corrected chi connectivity index (χ2v) is 8.17. The van der Waals surface area contributed by atoms with Gasteiger partial charge < -0.3 is 5.32 Å². The van der Waals surface area contributed by atoms with Gasteiger partial charge in [-0.25, -0.2) is 9.37 Å². The first-order chi connectivity index (χ1) is 15.6. The van der Waals surface area contributed by atoms with E-state index in [-0.39, 0.29) is 28.1 Å². The third kappa shape index (κ3) is 5.06. The number of hydrogen-bond donors (Lipinski definition) is 1.